The maximum absolute atomic E-state index is 13.2. The molecule has 0 radical (unpaired) electrons. The van der Waals surface area contributed by atoms with Crippen LogP contribution in [0.15, 0.2) is 54.9 Å². The van der Waals surface area contributed by atoms with Gasteiger partial charge >= 0.3 is 0 Å². The molecular weight excluding hydrogens is 413 g/mol. The lowest BCUT2D eigenvalue weighted by molar-refractivity contribution is 0.0945. The summed E-state index contributed by atoms with van der Waals surface area (Å²) in [5, 5.41) is 5.15. The van der Waals surface area contributed by atoms with Gasteiger partial charge in [0, 0.05) is 34.6 Å². The highest BCUT2D eigenvalue weighted by atomic mass is 35.5. The Balaban J connectivity index is 1.74. The Hall–Kier alpha value is -2.34. The third kappa shape index (κ3) is 3.41. The van der Waals surface area contributed by atoms with E-state index in [9.17, 15) is 4.79 Å². The average Bonchev–Trinajstić information content (AvgIpc) is 3.24. The van der Waals surface area contributed by atoms with Gasteiger partial charge in [0.1, 0.15) is 16.7 Å². The third-order valence-electron chi connectivity index (χ3n) is 4.67. The van der Waals surface area contributed by atoms with Gasteiger partial charge < -0.3 is 9.88 Å². The summed E-state index contributed by atoms with van der Waals surface area (Å²) in [7, 11) is 1.90. The van der Waals surface area contributed by atoms with Crippen LogP contribution in [0.5, 0.6) is 0 Å². The van der Waals surface area contributed by atoms with E-state index < -0.39 is 6.04 Å². The number of carbonyl (C=O) groups is 1. The maximum atomic E-state index is 13.2. The molecule has 4 rings (SSSR count). The van der Waals surface area contributed by atoms with Crippen molar-refractivity contribution >= 4 is 50.5 Å². The molecule has 0 aliphatic rings. The van der Waals surface area contributed by atoms with Crippen molar-refractivity contribution in [2.24, 2.45) is 7.05 Å². The number of hydrogen-bond acceptors (Lipinski definition) is 3. The highest BCUT2D eigenvalue weighted by molar-refractivity contribution is 7.21. The van der Waals surface area contributed by atoms with Gasteiger partial charge in [-0.05, 0) is 36.2 Å². The topological polar surface area (TPSA) is 46.9 Å². The van der Waals surface area contributed by atoms with Gasteiger partial charge in [-0.2, -0.15) is 0 Å². The predicted molar refractivity (Wildman–Crippen MR) is 116 cm³/mol. The number of nitrogens with one attached hydrogen (secondary N) is 1. The number of benzene rings is 2. The number of rotatable bonds is 4. The largest absolute Gasteiger partial charge is 0.337 e. The molecule has 1 unspecified atom stereocenters. The van der Waals surface area contributed by atoms with Crippen LogP contribution in [0.3, 0.4) is 0 Å². The third-order valence-corrected chi connectivity index (χ3v) is 6.56. The first-order valence-electron chi connectivity index (χ1n) is 8.67. The summed E-state index contributed by atoms with van der Waals surface area (Å²) in [5.41, 5.74) is 1.94. The van der Waals surface area contributed by atoms with E-state index in [1.807, 2.05) is 55.1 Å². The number of aryl methyl sites for hydroxylation is 2. The number of nitrogens with zero attached hydrogens (tertiary/aromatic N) is 2. The number of hydrogen-bond donors (Lipinski definition) is 1. The van der Waals surface area contributed by atoms with Crippen molar-refractivity contribution in [1.82, 2.24) is 14.9 Å². The highest BCUT2D eigenvalue weighted by Crippen LogP contribution is 2.37. The molecule has 28 heavy (non-hydrogen) atoms. The summed E-state index contributed by atoms with van der Waals surface area (Å²) < 4.78 is 2.88. The molecule has 2 heterocycles. The molecule has 0 spiro atoms. The SMILES string of the molecule is Cc1cccc2sc(C(=O)NC(c3ccc(Cl)cc3)c3nccn3C)c(Cl)c12. The van der Waals surface area contributed by atoms with E-state index in [4.69, 9.17) is 23.2 Å². The van der Waals surface area contributed by atoms with Gasteiger partial charge in [0.25, 0.3) is 5.91 Å². The molecule has 7 heteroatoms. The van der Waals surface area contributed by atoms with Crippen LogP contribution in [0.1, 0.15) is 32.7 Å². The van der Waals surface area contributed by atoms with E-state index in [0.717, 1.165) is 27.0 Å². The van der Waals surface area contributed by atoms with Gasteiger partial charge in [0.15, 0.2) is 0 Å². The van der Waals surface area contributed by atoms with Crippen molar-refractivity contribution < 1.29 is 4.79 Å². The van der Waals surface area contributed by atoms with Gasteiger partial charge in [0.05, 0.1) is 5.02 Å². The van der Waals surface area contributed by atoms with Crippen molar-refractivity contribution in [1.29, 1.82) is 0 Å². The second-order valence-corrected chi connectivity index (χ2v) is 8.41. The van der Waals surface area contributed by atoms with Crippen LogP contribution in [0, 0.1) is 6.92 Å². The van der Waals surface area contributed by atoms with Crippen molar-refractivity contribution in [3.63, 3.8) is 0 Å². The van der Waals surface area contributed by atoms with Gasteiger partial charge in [-0.1, -0.05) is 47.5 Å². The summed E-state index contributed by atoms with van der Waals surface area (Å²) in [6, 6.07) is 12.9. The van der Waals surface area contributed by atoms with E-state index in [0.29, 0.717) is 14.9 Å². The van der Waals surface area contributed by atoms with Crippen LogP contribution in [0.25, 0.3) is 10.1 Å². The van der Waals surface area contributed by atoms with Gasteiger partial charge in [0.2, 0.25) is 0 Å². The molecule has 1 N–H and O–H groups in total. The van der Waals surface area contributed by atoms with Crippen LogP contribution in [-0.4, -0.2) is 15.5 Å². The second-order valence-electron chi connectivity index (χ2n) is 6.55. The van der Waals surface area contributed by atoms with E-state index in [1.165, 1.54) is 11.3 Å². The fourth-order valence-corrected chi connectivity index (χ4v) is 4.93. The number of halogens is 2. The standard InChI is InChI=1S/C21H17Cl2N3OS/c1-12-4-3-5-15-16(12)17(23)19(28-15)21(27)25-18(20-24-10-11-26(20)2)13-6-8-14(22)9-7-13/h3-11,18H,1-2H3,(H,25,27). The monoisotopic (exact) mass is 429 g/mol. The molecule has 142 valence electrons. The summed E-state index contributed by atoms with van der Waals surface area (Å²) in [6.45, 7) is 1.99. The Kier molecular flexibility index (Phi) is 5.15. The van der Waals surface area contributed by atoms with Crippen LogP contribution in [-0.2, 0) is 7.05 Å². The molecule has 4 aromatic rings. The van der Waals surface area contributed by atoms with Crippen molar-refractivity contribution in [3.05, 3.63) is 86.7 Å². The first-order valence-corrected chi connectivity index (χ1v) is 10.2. The molecule has 0 bridgehead atoms. The quantitative estimate of drug-likeness (QED) is 0.447. The zero-order valence-electron chi connectivity index (χ0n) is 15.2. The number of fused-ring (bicyclic) bond motifs is 1. The number of amides is 1. The number of thiophene rings is 1. The lowest BCUT2D eigenvalue weighted by Gasteiger charge is -2.19. The fourth-order valence-electron chi connectivity index (χ4n) is 3.23. The summed E-state index contributed by atoms with van der Waals surface area (Å²) in [6.07, 6.45) is 3.56. The Morgan fingerprint density at radius 3 is 2.57 bits per heavy atom. The number of carbonyl (C=O) groups excluding carboxylic acids is 1. The Morgan fingerprint density at radius 2 is 1.93 bits per heavy atom. The van der Waals surface area contributed by atoms with Crippen molar-refractivity contribution in [3.8, 4) is 0 Å². The van der Waals surface area contributed by atoms with Gasteiger partial charge in [-0.25, -0.2) is 4.98 Å². The van der Waals surface area contributed by atoms with E-state index in [1.54, 1.807) is 18.3 Å². The van der Waals surface area contributed by atoms with Crippen LogP contribution in [0.2, 0.25) is 10.0 Å². The molecule has 0 aliphatic heterocycles. The summed E-state index contributed by atoms with van der Waals surface area (Å²) >= 11 is 14.0. The smallest absolute Gasteiger partial charge is 0.263 e. The normalized spacial score (nSPS) is 12.3. The average molecular weight is 430 g/mol. The van der Waals surface area contributed by atoms with Crippen molar-refractivity contribution in [2.75, 3.05) is 0 Å². The minimum absolute atomic E-state index is 0.228. The molecule has 1 atom stereocenters. The molecule has 0 saturated heterocycles. The molecule has 0 saturated carbocycles. The lowest BCUT2D eigenvalue weighted by Crippen LogP contribution is -2.30. The molecule has 4 nitrogen and oxygen atoms in total. The van der Waals surface area contributed by atoms with Gasteiger partial charge in [-0.15, -0.1) is 11.3 Å². The second kappa shape index (κ2) is 7.59. The fraction of sp³-hybridized carbons (Fsp3) is 0.143. The Bertz CT molecular complexity index is 1160. The highest BCUT2D eigenvalue weighted by Gasteiger charge is 2.25. The Morgan fingerprint density at radius 1 is 1.18 bits per heavy atom. The lowest BCUT2D eigenvalue weighted by atomic mass is 10.1. The zero-order chi connectivity index (χ0) is 19.8. The van der Waals surface area contributed by atoms with Crippen molar-refractivity contribution in [2.45, 2.75) is 13.0 Å². The predicted octanol–water partition coefficient (Wildman–Crippen LogP) is 5.77. The Labute approximate surface area is 176 Å². The van der Waals surface area contributed by atoms with Crippen LogP contribution in [0.4, 0.5) is 0 Å². The zero-order valence-corrected chi connectivity index (χ0v) is 17.6. The summed E-state index contributed by atoms with van der Waals surface area (Å²) in [5.74, 6) is 0.498. The first-order chi connectivity index (χ1) is 13.5. The van der Waals surface area contributed by atoms with E-state index in [2.05, 4.69) is 10.3 Å². The molecule has 1 amide bonds. The molecular formula is C21H17Cl2N3OS. The molecule has 2 aromatic heterocycles. The minimum Gasteiger partial charge on any atom is -0.337 e. The first kappa shape index (κ1) is 19.0. The summed E-state index contributed by atoms with van der Waals surface area (Å²) in [4.78, 5) is 18.1. The number of imidazole rings is 1. The molecule has 0 aliphatic carbocycles. The molecule has 2 aromatic carbocycles. The van der Waals surface area contributed by atoms with Gasteiger partial charge in [-0.3, -0.25) is 4.79 Å². The number of aromatic nitrogens is 2. The van der Waals surface area contributed by atoms with Crippen LogP contribution >= 0.6 is 34.5 Å². The van der Waals surface area contributed by atoms with E-state index >= 15 is 0 Å². The van der Waals surface area contributed by atoms with Crippen LogP contribution < -0.4 is 5.32 Å². The minimum atomic E-state index is -0.424. The maximum Gasteiger partial charge on any atom is 0.263 e. The van der Waals surface area contributed by atoms with E-state index in [-0.39, 0.29) is 5.91 Å². The molecule has 0 fully saturated rings.